The maximum Gasteiger partial charge on any atom is 0.315 e. The minimum Gasteiger partial charge on any atom is -0.468 e. The molecule has 1 aliphatic rings. The summed E-state index contributed by atoms with van der Waals surface area (Å²) >= 11 is 5.84. The van der Waals surface area contributed by atoms with Crippen LogP contribution in [0.15, 0.2) is 18.3 Å². The number of aromatic nitrogens is 4. The molecule has 1 saturated carbocycles. The summed E-state index contributed by atoms with van der Waals surface area (Å²) in [5.74, 6) is 0.397. The lowest BCUT2D eigenvalue weighted by Crippen LogP contribution is -2.25. The van der Waals surface area contributed by atoms with Crippen molar-refractivity contribution < 1.29 is 19.1 Å². The molecule has 3 rings (SSSR count). The number of hydrogen-bond acceptors (Lipinski definition) is 7. The number of rotatable bonds is 7. The van der Waals surface area contributed by atoms with Crippen LogP contribution in [-0.2, 0) is 32.5 Å². The summed E-state index contributed by atoms with van der Waals surface area (Å²) in [6, 6.07) is 3.48. The van der Waals surface area contributed by atoms with E-state index in [4.69, 9.17) is 21.1 Å². The van der Waals surface area contributed by atoms with E-state index in [1.165, 1.54) is 13.3 Å². The molecule has 0 saturated heterocycles. The molecule has 0 bridgehead atoms. The average molecular weight is 379 g/mol. The van der Waals surface area contributed by atoms with Crippen molar-refractivity contribution in [3.05, 3.63) is 29.2 Å². The molecule has 1 fully saturated rings. The minimum atomic E-state index is -0.638. The van der Waals surface area contributed by atoms with E-state index in [0.717, 1.165) is 0 Å². The van der Waals surface area contributed by atoms with Gasteiger partial charge >= 0.3 is 11.9 Å². The van der Waals surface area contributed by atoms with Gasteiger partial charge < -0.3 is 9.47 Å². The van der Waals surface area contributed by atoms with E-state index in [0.29, 0.717) is 41.6 Å². The van der Waals surface area contributed by atoms with Gasteiger partial charge in [0.15, 0.2) is 11.6 Å². The zero-order valence-corrected chi connectivity index (χ0v) is 15.3. The molecule has 0 atom stereocenters. The number of ether oxygens (including phenoxy) is 2. The Hall–Kier alpha value is -2.48. The highest BCUT2D eigenvalue weighted by Crippen LogP contribution is 2.46. The highest BCUT2D eigenvalue weighted by atomic mass is 35.5. The Morgan fingerprint density at radius 3 is 2.73 bits per heavy atom. The van der Waals surface area contributed by atoms with Gasteiger partial charge in [-0.15, -0.1) is 0 Å². The van der Waals surface area contributed by atoms with Crippen LogP contribution in [0.2, 0.25) is 5.02 Å². The lowest BCUT2D eigenvalue weighted by molar-refractivity contribution is -0.155. The quantitative estimate of drug-likeness (QED) is 0.679. The van der Waals surface area contributed by atoms with Gasteiger partial charge in [0.25, 0.3) is 0 Å². The molecule has 0 spiro atoms. The Morgan fingerprint density at radius 2 is 2.12 bits per heavy atom. The first-order chi connectivity index (χ1) is 12.4. The molecule has 2 aromatic heterocycles. The first kappa shape index (κ1) is 18.3. The highest BCUT2D eigenvalue weighted by molar-refractivity contribution is 6.30. The summed E-state index contributed by atoms with van der Waals surface area (Å²) in [5, 5.41) is 4.84. The molecule has 2 aromatic rings. The normalized spacial score (nSPS) is 14.7. The number of halogens is 1. The van der Waals surface area contributed by atoms with Gasteiger partial charge in [-0.05, 0) is 25.0 Å². The Bertz CT molecular complexity index is 815. The number of methoxy groups -OCH3 is 1. The van der Waals surface area contributed by atoms with Crippen LogP contribution in [-0.4, -0.2) is 45.4 Å². The number of nitrogens with zero attached hydrogens (tertiary/aromatic N) is 4. The standard InChI is InChI=1S/C17H19ClN4O4/c1-22-15(12-4-3-11(18)9-19-12)20-13(21-22)5-6-14(23)26-10-17(7-8-17)16(24)25-2/h3-4,9H,5-8,10H2,1-2H3. The molecule has 0 aromatic carbocycles. The van der Waals surface area contributed by atoms with Gasteiger partial charge in [0.1, 0.15) is 17.7 Å². The Labute approximate surface area is 155 Å². The molecular formula is C17H19ClN4O4. The molecule has 8 nitrogen and oxygen atoms in total. The van der Waals surface area contributed by atoms with E-state index >= 15 is 0 Å². The van der Waals surface area contributed by atoms with E-state index in [2.05, 4.69) is 15.1 Å². The van der Waals surface area contributed by atoms with Crippen LogP contribution in [0.3, 0.4) is 0 Å². The van der Waals surface area contributed by atoms with Crippen LogP contribution >= 0.6 is 11.6 Å². The third kappa shape index (κ3) is 4.01. The predicted octanol–water partition coefficient (Wildman–Crippen LogP) is 1.96. The molecule has 2 heterocycles. The molecular weight excluding hydrogens is 360 g/mol. The average Bonchev–Trinajstić information content (AvgIpc) is 3.35. The number of aryl methyl sites for hydroxylation is 2. The highest BCUT2D eigenvalue weighted by Gasteiger charge is 2.52. The maximum absolute atomic E-state index is 11.9. The van der Waals surface area contributed by atoms with Crippen LogP contribution < -0.4 is 0 Å². The molecule has 1 aliphatic carbocycles. The van der Waals surface area contributed by atoms with E-state index in [-0.39, 0.29) is 19.0 Å². The first-order valence-electron chi connectivity index (χ1n) is 8.19. The molecule has 0 radical (unpaired) electrons. The van der Waals surface area contributed by atoms with Gasteiger partial charge in [0.2, 0.25) is 0 Å². The SMILES string of the molecule is COC(=O)C1(COC(=O)CCc2nc(-c3ccc(Cl)cn3)n(C)n2)CC1. The second kappa shape index (κ2) is 7.41. The Kier molecular flexibility index (Phi) is 5.22. The van der Waals surface area contributed by atoms with Crippen LogP contribution in [0.1, 0.15) is 25.1 Å². The van der Waals surface area contributed by atoms with Crippen molar-refractivity contribution in [3.63, 3.8) is 0 Å². The fourth-order valence-electron chi connectivity index (χ4n) is 2.55. The van der Waals surface area contributed by atoms with Crippen molar-refractivity contribution in [2.45, 2.75) is 25.7 Å². The summed E-state index contributed by atoms with van der Waals surface area (Å²) in [6.07, 6.45) is 3.39. The van der Waals surface area contributed by atoms with Gasteiger partial charge in [-0.25, -0.2) is 9.67 Å². The van der Waals surface area contributed by atoms with Crippen LogP contribution in [0, 0.1) is 5.41 Å². The summed E-state index contributed by atoms with van der Waals surface area (Å²) in [6.45, 7) is 0.0636. The van der Waals surface area contributed by atoms with Crippen molar-refractivity contribution >= 4 is 23.5 Å². The molecule has 138 valence electrons. The molecule has 0 aliphatic heterocycles. The topological polar surface area (TPSA) is 96.2 Å². The molecule has 0 amide bonds. The van der Waals surface area contributed by atoms with Crippen molar-refractivity contribution in [1.29, 1.82) is 0 Å². The zero-order valence-electron chi connectivity index (χ0n) is 14.6. The fourth-order valence-corrected chi connectivity index (χ4v) is 2.67. The summed E-state index contributed by atoms with van der Waals surface area (Å²) in [4.78, 5) is 32.2. The third-order valence-electron chi connectivity index (χ3n) is 4.30. The van der Waals surface area contributed by atoms with Crippen molar-refractivity contribution in [3.8, 4) is 11.5 Å². The number of hydrogen-bond donors (Lipinski definition) is 0. The van der Waals surface area contributed by atoms with E-state index in [1.54, 1.807) is 23.9 Å². The van der Waals surface area contributed by atoms with Crippen molar-refractivity contribution in [2.75, 3.05) is 13.7 Å². The van der Waals surface area contributed by atoms with Gasteiger partial charge in [0.05, 0.1) is 18.6 Å². The van der Waals surface area contributed by atoms with Gasteiger partial charge in [0, 0.05) is 19.7 Å². The maximum atomic E-state index is 11.9. The van der Waals surface area contributed by atoms with Crippen molar-refractivity contribution in [2.24, 2.45) is 12.5 Å². The van der Waals surface area contributed by atoms with E-state index < -0.39 is 11.4 Å². The zero-order chi connectivity index (χ0) is 18.7. The van der Waals surface area contributed by atoms with Crippen LogP contribution in [0.5, 0.6) is 0 Å². The monoisotopic (exact) mass is 378 g/mol. The Morgan fingerprint density at radius 1 is 1.35 bits per heavy atom. The lowest BCUT2D eigenvalue weighted by atomic mass is 10.1. The van der Waals surface area contributed by atoms with Gasteiger partial charge in [-0.1, -0.05) is 11.6 Å². The fraction of sp³-hybridized carbons (Fsp3) is 0.471. The van der Waals surface area contributed by atoms with Crippen molar-refractivity contribution in [1.82, 2.24) is 19.7 Å². The number of carbonyl (C=O) groups is 2. The first-order valence-corrected chi connectivity index (χ1v) is 8.57. The predicted molar refractivity (Wildman–Crippen MR) is 92.2 cm³/mol. The third-order valence-corrected chi connectivity index (χ3v) is 4.52. The smallest absolute Gasteiger partial charge is 0.315 e. The second-order valence-electron chi connectivity index (χ2n) is 6.27. The van der Waals surface area contributed by atoms with Gasteiger partial charge in [-0.3, -0.25) is 14.6 Å². The summed E-state index contributed by atoms with van der Waals surface area (Å²) in [5.41, 5.74) is 0.00753. The number of esters is 2. The largest absolute Gasteiger partial charge is 0.468 e. The Balaban J connectivity index is 1.53. The van der Waals surface area contributed by atoms with E-state index in [9.17, 15) is 9.59 Å². The summed E-state index contributed by atoms with van der Waals surface area (Å²) < 4.78 is 11.6. The number of carbonyl (C=O) groups excluding carboxylic acids is 2. The molecule has 0 unspecified atom stereocenters. The van der Waals surface area contributed by atoms with Crippen LogP contribution in [0.25, 0.3) is 11.5 Å². The second-order valence-corrected chi connectivity index (χ2v) is 6.71. The van der Waals surface area contributed by atoms with E-state index in [1.807, 2.05) is 0 Å². The summed E-state index contributed by atoms with van der Waals surface area (Å²) in [7, 11) is 3.09. The minimum absolute atomic E-state index is 0.0636. The molecule has 9 heteroatoms. The molecule has 26 heavy (non-hydrogen) atoms. The molecule has 0 N–H and O–H groups in total. The lowest BCUT2D eigenvalue weighted by Gasteiger charge is -2.12. The van der Waals surface area contributed by atoms with Gasteiger partial charge in [-0.2, -0.15) is 5.10 Å². The van der Waals surface area contributed by atoms with Crippen LogP contribution in [0.4, 0.5) is 0 Å². The number of pyridine rings is 1.